The third kappa shape index (κ3) is 2.51. The van der Waals surface area contributed by atoms with Crippen LogP contribution in [0, 0.1) is 5.92 Å². The zero-order chi connectivity index (χ0) is 11.4. The molecule has 6 nitrogen and oxygen atoms in total. The van der Waals surface area contributed by atoms with Crippen molar-refractivity contribution in [3.05, 3.63) is 0 Å². The molecule has 1 aliphatic heterocycles. The maximum Gasteiger partial charge on any atom is 0.326 e. The van der Waals surface area contributed by atoms with Gasteiger partial charge >= 0.3 is 5.97 Å². The van der Waals surface area contributed by atoms with Gasteiger partial charge in [-0.15, -0.1) is 5.10 Å². The summed E-state index contributed by atoms with van der Waals surface area (Å²) in [7, 11) is 0. The van der Waals surface area contributed by atoms with Gasteiger partial charge in [0.25, 0.3) is 0 Å². The number of hydrogen-bond acceptors (Lipinski definition) is 3. The first-order valence-electron chi connectivity index (χ1n) is 5.09. The number of carbonyl (C=O) groups is 1. The van der Waals surface area contributed by atoms with Crippen LogP contribution < -0.4 is 11.2 Å². The Bertz CT molecular complexity index is 265. The van der Waals surface area contributed by atoms with Crippen molar-refractivity contribution >= 4 is 11.9 Å². The Morgan fingerprint density at radius 1 is 1.67 bits per heavy atom. The van der Waals surface area contributed by atoms with Crippen molar-refractivity contribution < 1.29 is 9.90 Å². The van der Waals surface area contributed by atoms with Crippen LogP contribution in [0.1, 0.15) is 20.3 Å². The van der Waals surface area contributed by atoms with Crippen LogP contribution in [-0.4, -0.2) is 41.1 Å². The van der Waals surface area contributed by atoms with Gasteiger partial charge in [0.2, 0.25) is 5.96 Å². The lowest BCUT2D eigenvalue weighted by atomic mass is 10.0. The number of hydrazone groups is 1. The molecule has 0 aliphatic carbocycles. The average Bonchev–Trinajstić information content (AvgIpc) is 2.17. The molecule has 0 saturated carbocycles. The molecule has 86 valence electrons. The first-order valence-corrected chi connectivity index (χ1v) is 5.09. The molecule has 1 heterocycles. The number of guanidine groups is 1. The van der Waals surface area contributed by atoms with Gasteiger partial charge in [0.05, 0.1) is 0 Å². The van der Waals surface area contributed by atoms with Gasteiger partial charge in [-0.2, -0.15) is 0 Å². The van der Waals surface area contributed by atoms with E-state index in [1.165, 1.54) is 0 Å². The van der Waals surface area contributed by atoms with E-state index < -0.39 is 12.0 Å². The molecule has 0 bridgehead atoms. The van der Waals surface area contributed by atoms with Crippen LogP contribution in [0.15, 0.2) is 5.10 Å². The molecule has 0 radical (unpaired) electrons. The Labute approximate surface area is 89.1 Å². The van der Waals surface area contributed by atoms with Gasteiger partial charge in [0.15, 0.2) is 0 Å². The summed E-state index contributed by atoms with van der Waals surface area (Å²) in [5, 5.41) is 15.7. The molecule has 1 atom stereocenters. The number of hydrogen-bond donors (Lipinski definition) is 3. The van der Waals surface area contributed by atoms with Gasteiger partial charge in [0.1, 0.15) is 6.04 Å². The van der Waals surface area contributed by atoms with Crippen molar-refractivity contribution in [2.45, 2.75) is 26.3 Å². The lowest BCUT2D eigenvalue weighted by Gasteiger charge is -2.36. The van der Waals surface area contributed by atoms with Crippen molar-refractivity contribution in [2.75, 3.05) is 13.1 Å². The van der Waals surface area contributed by atoms with E-state index in [1.807, 2.05) is 13.8 Å². The highest BCUT2D eigenvalue weighted by molar-refractivity contribution is 5.86. The Hall–Kier alpha value is -1.46. The molecular formula is C9H18N4O2. The Morgan fingerprint density at radius 2 is 2.33 bits per heavy atom. The lowest BCUT2D eigenvalue weighted by Crippen LogP contribution is -2.56. The summed E-state index contributed by atoms with van der Waals surface area (Å²) in [6.07, 6.45) is 0.898. The van der Waals surface area contributed by atoms with Crippen LogP contribution >= 0.6 is 0 Å². The summed E-state index contributed by atoms with van der Waals surface area (Å²) in [5.41, 5.74) is 0. The standard InChI is InChI=1S/C9H18N4O2/c1-6(2)7(8(14)15)13-5-3-4-11-9(13)12-10/h6-7H,3-5,10H2,1-2H3,(H,11,12)(H,14,15). The van der Waals surface area contributed by atoms with E-state index in [2.05, 4.69) is 10.4 Å². The number of nitrogens with one attached hydrogen (secondary N) is 1. The molecule has 1 aliphatic rings. The number of rotatable bonds is 3. The van der Waals surface area contributed by atoms with Crippen LogP contribution in [0.5, 0.6) is 0 Å². The van der Waals surface area contributed by atoms with Crippen LogP contribution in [0.3, 0.4) is 0 Å². The Morgan fingerprint density at radius 3 is 2.80 bits per heavy atom. The molecule has 0 aromatic rings. The molecule has 1 fully saturated rings. The highest BCUT2D eigenvalue weighted by Gasteiger charge is 2.32. The number of carboxylic acids is 1. The van der Waals surface area contributed by atoms with E-state index in [-0.39, 0.29) is 5.92 Å². The molecule has 0 spiro atoms. The van der Waals surface area contributed by atoms with Gasteiger partial charge in [0, 0.05) is 13.1 Å². The normalized spacial score (nSPS) is 21.5. The molecule has 4 N–H and O–H groups in total. The quantitative estimate of drug-likeness (QED) is 0.440. The van der Waals surface area contributed by atoms with Crippen molar-refractivity contribution in [1.82, 2.24) is 10.2 Å². The van der Waals surface area contributed by atoms with Crippen molar-refractivity contribution in [3.8, 4) is 0 Å². The zero-order valence-electron chi connectivity index (χ0n) is 9.10. The smallest absolute Gasteiger partial charge is 0.326 e. The molecule has 1 rings (SSSR count). The maximum absolute atomic E-state index is 11.1. The molecule has 1 saturated heterocycles. The fourth-order valence-electron chi connectivity index (χ4n) is 1.83. The Kier molecular flexibility index (Phi) is 3.76. The van der Waals surface area contributed by atoms with Crippen LogP contribution in [-0.2, 0) is 4.79 Å². The molecule has 0 aromatic carbocycles. The largest absolute Gasteiger partial charge is 0.480 e. The third-order valence-corrected chi connectivity index (χ3v) is 2.47. The van der Waals surface area contributed by atoms with Gasteiger partial charge in [-0.1, -0.05) is 13.8 Å². The van der Waals surface area contributed by atoms with Gasteiger partial charge < -0.3 is 21.2 Å². The summed E-state index contributed by atoms with van der Waals surface area (Å²) in [4.78, 5) is 12.9. The predicted octanol–water partition coefficient (Wildman–Crippen LogP) is -0.379. The predicted molar refractivity (Wildman–Crippen MR) is 57.2 cm³/mol. The maximum atomic E-state index is 11.1. The fourth-order valence-corrected chi connectivity index (χ4v) is 1.83. The molecule has 15 heavy (non-hydrogen) atoms. The van der Waals surface area contributed by atoms with Crippen LogP contribution in [0.25, 0.3) is 0 Å². The second kappa shape index (κ2) is 4.86. The number of nitrogens with zero attached hydrogens (tertiary/aromatic N) is 2. The summed E-state index contributed by atoms with van der Waals surface area (Å²) in [5.74, 6) is 4.87. The average molecular weight is 214 g/mol. The second-order valence-corrected chi connectivity index (χ2v) is 3.95. The lowest BCUT2D eigenvalue weighted by molar-refractivity contribution is -0.143. The van der Waals surface area contributed by atoms with Crippen LogP contribution in [0.2, 0.25) is 0 Å². The van der Waals surface area contributed by atoms with E-state index in [9.17, 15) is 4.79 Å². The van der Waals surface area contributed by atoms with Crippen LogP contribution in [0.4, 0.5) is 0 Å². The van der Waals surface area contributed by atoms with E-state index in [0.29, 0.717) is 12.5 Å². The van der Waals surface area contributed by atoms with Gasteiger partial charge in [-0.25, -0.2) is 4.79 Å². The Balaban J connectivity index is 2.85. The third-order valence-electron chi connectivity index (χ3n) is 2.47. The molecule has 1 unspecified atom stereocenters. The molecular weight excluding hydrogens is 196 g/mol. The number of nitrogens with two attached hydrogens (primary N) is 1. The zero-order valence-corrected chi connectivity index (χ0v) is 9.10. The van der Waals surface area contributed by atoms with E-state index in [4.69, 9.17) is 10.9 Å². The van der Waals surface area contributed by atoms with Crippen molar-refractivity contribution in [2.24, 2.45) is 16.9 Å². The van der Waals surface area contributed by atoms with E-state index in [1.54, 1.807) is 4.90 Å². The first kappa shape index (κ1) is 11.6. The highest BCUT2D eigenvalue weighted by Crippen LogP contribution is 2.14. The first-order chi connectivity index (χ1) is 7.07. The van der Waals surface area contributed by atoms with Crippen molar-refractivity contribution in [3.63, 3.8) is 0 Å². The molecule has 0 aromatic heterocycles. The fraction of sp³-hybridized carbons (Fsp3) is 0.778. The van der Waals surface area contributed by atoms with Gasteiger partial charge in [-0.05, 0) is 12.3 Å². The minimum atomic E-state index is -0.838. The summed E-state index contributed by atoms with van der Waals surface area (Å²) in [6.45, 7) is 5.22. The summed E-state index contributed by atoms with van der Waals surface area (Å²) >= 11 is 0. The second-order valence-electron chi connectivity index (χ2n) is 3.95. The van der Waals surface area contributed by atoms with Crippen molar-refractivity contribution in [1.29, 1.82) is 0 Å². The minimum absolute atomic E-state index is 0.0131. The highest BCUT2D eigenvalue weighted by atomic mass is 16.4. The van der Waals surface area contributed by atoms with Gasteiger partial charge in [-0.3, -0.25) is 0 Å². The molecule has 0 amide bonds. The number of aliphatic carboxylic acids is 1. The monoisotopic (exact) mass is 214 g/mol. The topological polar surface area (TPSA) is 91.0 Å². The van der Waals surface area contributed by atoms with E-state index in [0.717, 1.165) is 13.0 Å². The summed E-state index contributed by atoms with van der Waals surface area (Å²) in [6, 6.07) is -0.569. The summed E-state index contributed by atoms with van der Waals surface area (Å²) < 4.78 is 0. The minimum Gasteiger partial charge on any atom is -0.480 e. The van der Waals surface area contributed by atoms with E-state index >= 15 is 0 Å². The number of carboxylic acid groups (broad SMARTS) is 1. The SMILES string of the molecule is CC(C)C(C(=O)O)N1CCCN/C1=N\N. The molecule has 6 heteroatoms.